The van der Waals surface area contributed by atoms with Crippen LogP contribution in [0, 0.1) is 0 Å². The highest BCUT2D eigenvalue weighted by Crippen LogP contribution is 2.30. The van der Waals surface area contributed by atoms with Gasteiger partial charge in [-0.15, -0.1) is 0 Å². The van der Waals surface area contributed by atoms with E-state index in [4.69, 9.17) is 17.3 Å². The summed E-state index contributed by atoms with van der Waals surface area (Å²) in [5.41, 5.74) is 7.26. The van der Waals surface area contributed by atoms with Crippen LogP contribution in [-0.4, -0.2) is 33.0 Å². The van der Waals surface area contributed by atoms with Gasteiger partial charge in [0.25, 0.3) is 0 Å². The van der Waals surface area contributed by atoms with Gasteiger partial charge in [-0.3, -0.25) is 0 Å². The van der Waals surface area contributed by atoms with E-state index >= 15 is 0 Å². The number of rotatable bonds is 1. The number of nitrogen functional groups attached to an aromatic ring is 1. The number of hydrogen-bond donors (Lipinski definition) is 1. The number of sulfone groups is 1. The molecule has 1 saturated heterocycles. The van der Waals surface area contributed by atoms with Gasteiger partial charge in [0.1, 0.15) is 0 Å². The maximum atomic E-state index is 11.5. The second-order valence-electron chi connectivity index (χ2n) is 4.17. The number of para-hydroxylation sites is 1. The van der Waals surface area contributed by atoms with Crippen molar-refractivity contribution in [2.75, 3.05) is 35.2 Å². The zero-order valence-electron chi connectivity index (χ0n) is 9.39. The minimum absolute atomic E-state index is 0.180. The number of hydrogen-bond acceptors (Lipinski definition) is 4. The molecule has 0 saturated carbocycles. The summed E-state index contributed by atoms with van der Waals surface area (Å²) in [5, 5.41) is 0.509. The second kappa shape index (κ2) is 4.74. The maximum Gasteiger partial charge on any atom is 0.152 e. The van der Waals surface area contributed by atoms with Crippen LogP contribution in [-0.2, 0) is 9.84 Å². The van der Waals surface area contributed by atoms with Crippen LogP contribution in [0.15, 0.2) is 18.2 Å². The van der Waals surface area contributed by atoms with Gasteiger partial charge in [-0.2, -0.15) is 0 Å². The SMILES string of the molecule is Nc1c(Cl)cccc1N1CCCS(=O)(=O)CC1. The van der Waals surface area contributed by atoms with E-state index < -0.39 is 9.84 Å². The first-order chi connectivity index (χ1) is 7.99. The molecule has 17 heavy (non-hydrogen) atoms. The molecule has 2 N–H and O–H groups in total. The van der Waals surface area contributed by atoms with Crippen LogP contribution in [0.25, 0.3) is 0 Å². The standard InChI is InChI=1S/C11H15ClN2O2S/c12-9-3-1-4-10(11(9)13)14-5-2-7-17(15,16)8-6-14/h1,3-4H,2,5-8,13H2. The Morgan fingerprint density at radius 1 is 1.24 bits per heavy atom. The second-order valence-corrected chi connectivity index (χ2v) is 6.88. The van der Waals surface area contributed by atoms with Gasteiger partial charge in [0, 0.05) is 13.1 Å². The Labute approximate surface area is 106 Å². The predicted molar refractivity (Wildman–Crippen MR) is 71.3 cm³/mol. The summed E-state index contributed by atoms with van der Waals surface area (Å²) < 4.78 is 23.0. The fourth-order valence-electron chi connectivity index (χ4n) is 1.98. The van der Waals surface area contributed by atoms with Crippen molar-refractivity contribution in [3.8, 4) is 0 Å². The van der Waals surface area contributed by atoms with Crippen LogP contribution in [0.4, 0.5) is 11.4 Å². The van der Waals surface area contributed by atoms with Crippen LogP contribution in [0.5, 0.6) is 0 Å². The third-order valence-electron chi connectivity index (χ3n) is 2.93. The largest absolute Gasteiger partial charge is 0.396 e. The normalized spacial score (nSPS) is 19.9. The van der Waals surface area contributed by atoms with Crippen molar-refractivity contribution >= 4 is 32.8 Å². The van der Waals surface area contributed by atoms with E-state index in [2.05, 4.69) is 0 Å². The Morgan fingerprint density at radius 3 is 2.76 bits per heavy atom. The molecule has 0 aromatic heterocycles. The molecule has 1 heterocycles. The molecule has 0 bridgehead atoms. The van der Waals surface area contributed by atoms with Gasteiger partial charge in [0.15, 0.2) is 9.84 Å². The zero-order valence-corrected chi connectivity index (χ0v) is 11.0. The summed E-state index contributed by atoms with van der Waals surface area (Å²) >= 11 is 5.96. The number of benzene rings is 1. The minimum Gasteiger partial charge on any atom is -0.396 e. The van der Waals surface area contributed by atoms with Crippen molar-refractivity contribution in [1.82, 2.24) is 0 Å². The molecular weight excluding hydrogens is 260 g/mol. The van der Waals surface area contributed by atoms with E-state index in [1.165, 1.54) is 0 Å². The smallest absolute Gasteiger partial charge is 0.152 e. The molecule has 0 atom stereocenters. The van der Waals surface area contributed by atoms with Gasteiger partial charge in [0.05, 0.1) is 27.9 Å². The molecular formula is C11H15ClN2O2S. The van der Waals surface area contributed by atoms with E-state index in [1.807, 2.05) is 17.0 Å². The van der Waals surface area contributed by atoms with Crippen molar-refractivity contribution in [3.05, 3.63) is 23.2 Å². The highest BCUT2D eigenvalue weighted by Gasteiger charge is 2.20. The van der Waals surface area contributed by atoms with Gasteiger partial charge in [0.2, 0.25) is 0 Å². The first-order valence-electron chi connectivity index (χ1n) is 5.49. The summed E-state index contributed by atoms with van der Waals surface area (Å²) in [6.45, 7) is 1.18. The van der Waals surface area contributed by atoms with E-state index in [0.717, 1.165) is 5.69 Å². The molecule has 0 amide bonds. The summed E-state index contributed by atoms with van der Waals surface area (Å²) in [5.74, 6) is 0.433. The van der Waals surface area contributed by atoms with Crippen LogP contribution >= 0.6 is 11.6 Å². The Balaban J connectivity index is 2.26. The molecule has 0 radical (unpaired) electrons. The number of anilines is 2. The Bertz CT molecular complexity index is 516. The van der Waals surface area contributed by atoms with Crippen molar-refractivity contribution < 1.29 is 8.42 Å². The lowest BCUT2D eigenvalue weighted by atomic mass is 10.2. The fourth-order valence-corrected chi connectivity index (χ4v) is 3.42. The van der Waals surface area contributed by atoms with E-state index in [0.29, 0.717) is 30.2 Å². The van der Waals surface area contributed by atoms with Crippen LogP contribution in [0.2, 0.25) is 5.02 Å². The van der Waals surface area contributed by atoms with Crippen molar-refractivity contribution in [2.24, 2.45) is 0 Å². The highest BCUT2D eigenvalue weighted by molar-refractivity contribution is 7.91. The molecule has 94 valence electrons. The number of nitrogens with two attached hydrogens (primary N) is 1. The quantitative estimate of drug-likeness (QED) is 0.789. The van der Waals surface area contributed by atoms with Gasteiger partial charge >= 0.3 is 0 Å². The van der Waals surface area contributed by atoms with Crippen LogP contribution < -0.4 is 10.6 Å². The van der Waals surface area contributed by atoms with Gasteiger partial charge in [-0.1, -0.05) is 17.7 Å². The molecule has 2 rings (SSSR count). The fraction of sp³-hybridized carbons (Fsp3) is 0.455. The van der Waals surface area contributed by atoms with Crippen LogP contribution in [0.1, 0.15) is 6.42 Å². The van der Waals surface area contributed by atoms with E-state index in [9.17, 15) is 8.42 Å². The summed E-state index contributed by atoms with van der Waals surface area (Å²) in [6, 6.07) is 5.43. The van der Waals surface area contributed by atoms with Gasteiger partial charge in [-0.25, -0.2) is 8.42 Å². The Morgan fingerprint density at radius 2 is 2.00 bits per heavy atom. The van der Waals surface area contributed by atoms with Crippen molar-refractivity contribution in [3.63, 3.8) is 0 Å². The first kappa shape index (κ1) is 12.5. The predicted octanol–water partition coefficient (Wildman–Crippen LogP) is 1.55. The molecule has 0 unspecified atom stereocenters. The third-order valence-corrected chi connectivity index (χ3v) is 4.97. The van der Waals surface area contributed by atoms with Crippen molar-refractivity contribution in [2.45, 2.75) is 6.42 Å². The molecule has 1 aromatic rings. The number of nitrogens with zero attached hydrogens (tertiary/aromatic N) is 1. The number of halogens is 1. The topological polar surface area (TPSA) is 63.4 Å². The molecule has 0 aliphatic carbocycles. The highest BCUT2D eigenvalue weighted by atomic mass is 35.5. The molecule has 6 heteroatoms. The Hall–Kier alpha value is -0.940. The third kappa shape index (κ3) is 2.84. The summed E-state index contributed by atoms with van der Waals surface area (Å²) in [6.07, 6.45) is 0.633. The lowest BCUT2D eigenvalue weighted by Gasteiger charge is -2.24. The lowest BCUT2D eigenvalue weighted by molar-refractivity contribution is 0.597. The zero-order chi connectivity index (χ0) is 12.5. The molecule has 1 aromatic carbocycles. The minimum atomic E-state index is -2.90. The summed E-state index contributed by atoms with van der Waals surface area (Å²) in [7, 11) is -2.90. The van der Waals surface area contributed by atoms with Gasteiger partial charge < -0.3 is 10.6 Å². The first-order valence-corrected chi connectivity index (χ1v) is 7.69. The average molecular weight is 275 g/mol. The molecule has 1 fully saturated rings. The lowest BCUT2D eigenvalue weighted by Crippen LogP contribution is -2.27. The molecule has 4 nitrogen and oxygen atoms in total. The van der Waals surface area contributed by atoms with E-state index in [1.54, 1.807) is 6.07 Å². The Kier molecular flexibility index (Phi) is 3.49. The van der Waals surface area contributed by atoms with E-state index in [-0.39, 0.29) is 11.5 Å². The average Bonchev–Trinajstić information content (AvgIpc) is 2.44. The monoisotopic (exact) mass is 274 g/mol. The van der Waals surface area contributed by atoms with Crippen molar-refractivity contribution in [1.29, 1.82) is 0 Å². The van der Waals surface area contributed by atoms with Crippen LogP contribution in [0.3, 0.4) is 0 Å². The molecule has 1 aliphatic rings. The van der Waals surface area contributed by atoms with Gasteiger partial charge in [-0.05, 0) is 18.6 Å². The molecule has 1 aliphatic heterocycles. The molecule has 0 spiro atoms. The summed E-state index contributed by atoms with van der Waals surface area (Å²) in [4.78, 5) is 1.99. The maximum absolute atomic E-state index is 11.5.